The van der Waals surface area contributed by atoms with E-state index in [2.05, 4.69) is 42.2 Å². The monoisotopic (exact) mass is 481 g/mol. The topological polar surface area (TPSA) is 76.8 Å². The smallest absolute Gasteiger partial charge is 0.340 e. The summed E-state index contributed by atoms with van der Waals surface area (Å²) < 4.78 is 18.4. The van der Waals surface area contributed by atoms with Gasteiger partial charge in [0.25, 0.3) is 0 Å². The molecule has 7 heteroatoms. The van der Waals surface area contributed by atoms with E-state index < -0.39 is 5.60 Å². The van der Waals surface area contributed by atoms with E-state index in [9.17, 15) is 4.79 Å². The van der Waals surface area contributed by atoms with E-state index in [1.807, 2.05) is 54.6 Å². The van der Waals surface area contributed by atoms with Gasteiger partial charge in [-0.15, -0.1) is 0 Å². The van der Waals surface area contributed by atoms with Crippen LogP contribution < -0.4 is 15.0 Å². The average Bonchev–Trinajstić information content (AvgIpc) is 3.46. The fourth-order valence-corrected chi connectivity index (χ4v) is 5.31. The molecule has 1 atom stereocenters. The Morgan fingerprint density at radius 2 is 1.72 bits per heavy atom. The summed E-state index contributed by atoms with van der Waals surface area (Å²) in [7, 11) is 0. The lowest BCUT2D eigenvalue weighted by atomic mass is 9.77. The lowest BCUT2D eigenvalue weighted by Gasteiger charge is -2.35. The van der Waals surface area contributed by atoms with Crippen LogP contribution in [0.3, 0.4) is 0 Å². The minimum atomic E-state index is -1.23. The van der Waals surface area contributed by atoms with E-state index in [4.69, 9.17) is 14.0 Å². The molecule has 36 heavy (non-hydrogen) atoms. The number of ether oxygens (including phenoxy) is 2. The van der Waals surface area contributed by atoms with Crippen molar-refractivity contribution in [1.29, 1.82) is 0 Å². The lowest BCUT2D eigenvalue weighted by molar-refractivity contribution is 0.0216. The van der Waals surface area contributed by atoms with Crippen LogP contribution in [-0.2, 0) is 10.3 Å². The second kappa shape index (κ2) is 8.45. The quantitative estimate of drug-likeness (QED) is 0.329. The first-order valence-electron chi connectivity index (χ1n) is 12.3. The van der Waals surface area contributed by atoms with Crippen LogP contribution in [0.4, 0.5) is 11.4 Å². The zero-order valence-electron chi connectivity index (χ0n) is 20.5. The van der Waals surface area contributed by atoms with E-state index in [-0.39, 0.29) is 11.9 Å². The van der Waals surface area contributed by atoms with Crippen LogP contribution in [0.1, 0.15) is 47.8 Å². The highest BCUT2D eigenvalue weighted by Crippen LogP contribution is 2.58. The molecule has 3 heterocycles. The molecular formula is C29H27N3O4. The molecule has 0 amide bonds. The number of fused-ring (bicyclic) bond motifs is 6. The molecule has 1 N–H and O–H groups in total. The summed E-state index contributed by atoms with van der Waals surface area (Å²) in [5.41, 5.74) is 4.85. The van der Waals surface area contributed by atoms with Gasteiger partial charge in [-0.25, -0.2) is 4.79 Å². The molecule has 1 spiro atoms. The Balaban J connectivity index is 1.59. The molecule has 2 aliphatic rings. The van der Waals surface area contributed by atoms with Gasteiger partial charge in [0, 0.05) is 53.8 Å². The predicted molar refractivity (Wildman–Crippen MR) is 138 cm³/mol. The van der Waals surface area contributed by atoms with Gasteiger partial charge in [-0.2, -0.15) is 0 Å². The van der Waals surface area contributed by atoms with Gasteiger partial charge in [0.15, 0.2) is 0 Å². The average molecular weight is 482 g/mol. The van der Waals surface area contributed by atoms with Crippen LogP contribution in [0.5, 0.6) is 11.7 Å². The van der Waals surface area contributed by atoms with E-state index in [1.54, 1.807) is 6.07 Å². The highest BCUT2D eigenvalue weighted by atomic mass is 16.6. The van der Waals surface area contributed by atoms with Crippen molar-refractivity contribution in [3.63, 3.8) is 0 Å². The first kappa shape index (κ1) is 22.2. The van der Waals surface area contributed by atoms with Crippen LogP contribution in [0.15, 0.2) is 71.3 Å². The van der Waals surface area contributed by atoms with Gasteiger partial charge in [0.05, 0.1) is 5.56 Å². The summed E-state index contributed by atoms with van der Waals surface area (Å²) >= 11 is 0. The molecule has 0 saturated carbocycles. The highest BCUT2D eigenvalue weighted by Gasteiger charge is 2.57. The van der Waals surface area contributed by atoms with E-state index in [0.29, 0.717) is 22.6 Å². The van der Waals surface area contributed by atoms with Crippen LogP contribution in [0.25, 0.3) is 11.3 Å². The first-order valence-corrected chi connectivity index (χ1v) is 12.3. The van der Waals surface area contributed by atoms with Gasteiger partial charge in [-0.1, -0.05) is 35.5 Å². The zero-order valence-corrected chi connectivity index (χ0v) is 20.5. The van der Waals surface area contributed by atoms with Crippen molar-refractivity contribution in [3.05, 3.63) is 89.0 Å². The van der Waals surface area contributed by atoms with Crippen molar-refractivity contribution in [3.8, 4) is 23.0 Å². The molecular weight excluding hydrogens is 454 g/mol. The van der Waals surface area contributed by atoms with Crippen molar-refractivity contribution in [2.45, 2.75) is 26.4 Å². The fourth-order valence-electron chi connectivity index (χ4n) is 5.31. The van der Waals surface area contributed by atoms with Gasteiger partial charge in [0.2, 0.25) is 5.60 Å². The number of aromatic nitrogens is 1. The van der Waals surface area contributed by atoms with E-state index in [0.717, 1.165) is 47.7 Å². The molecule has 1 unspecified atom stereocenters. The molecule has 0 aliphatic carbocycles. The van der Waals surface area contributed by atoms with E-state index in [1.165, 1.54) is 0 Å². The third-order valence-corrected chi connectivity index (χ3v) is 7.00. The third kappa shape index (κ3) is 3.12. The van der Waals surface area contributed by atoms with Gasteiger partial charge in [-0.05, 0) is 51.1 Å². The predicted octanol–water partition coefficient (Wildman–Crippen LogP) is 6.19. The summed E-state index contributed by atoms with van der Waals surface area (Å²) in [5.74, 6) is 0.433. The van der Waals surface area contributed by atoms with Crippen LogP contribution in [0.2, 0.25) is 0 Å². The van der Waals surface area contributed by atoms with Gasteiger partial charge < -0.3 is 24.2 Å². The Kier molecular flexibility index (Phi) is 5.21. The SMILES string of the molecule is CCNc1ccc(-c2noc3c2C2(OC(=O)c4ccccc42)c2ccc(N(CC)CC)cc2O3)cc1. The minimum absolute atomic E-state index is 0.231. The molecule has 3 aromatic carbocycles. The molecule has 0 bridgehead atoms. The van der Waals surface area contributed by atoms with Crippen molar-refractivity contribution in [2.75, 3.05) is 29.9 Å². The summed E-state index contributed by atoms with van der Waals surface area (Å²) in [5, 5.41) is 7.72. The van der Waals surface area contributed by atoms with Gasteiger partial charge in [0.1, 0.15) is 17.0 Å². The minimum Gasteiger partial charge on any atom is -0.440 e. The van der Waals surface area contributed by atoms with Crippen molar-refractivity contribution >= 4 is 17.3 Å². The number of rotatable bonds is 6. The normalized spacial score (nSPS) is 17.1. The number of benzene rings is 3. The number of hydrogen-bond acceptors (Lipinski definition) is 7. The van der Waals surface area contributed by atoms with Crippen molar-refractivity contribution in [2.24, 2.45) is 0 Å². The maximum atomic E-state index is 13.2. The Morgan fingerprint density at radius 1 is 0.944 bits per heavy atom. The Hall–Kier alpha value is -4.26. The third-order valence-electron chi connectivity index (χ3n) is 7.00. The number of hydrogen-bond donors (Lipinski definition) is 1. The maximum absolute atomic E-state index is 13.2. The number of anilines is 2. The number of esters is 1. The summed E-state index contributed by atoms with van der Waals surface area (Å²) in [6.45, 7) is 8.83. The molecule has 1 aromatic heterocycles. The van der Waals surface area contributed by atoms with Crippen LogP contribution in [-0.4, -0.2) is 30.8 Å². The highest BCUT2D eigenvalue weighted by molar-refractivity contribution is 5.97. The van der Waals surface area contributed by atoms with E-state index >= 15 is 0 Å². The Morgan fingerprint density at radius 3 is 2.47 bits per heavy atom. The molecule has 0 saturated heterocycles. The van der Waals surface area contributed by atoms with Crippen molar-refractivity contribution in [1.82, 2.24) is 5.16 Å². The molecule has 6 rings (SSSR count). The maximum Gasteiger partial charge on any atom is 0.340 e. The summed E-state index contributed by atoms with van der Waals surface area (Å²) in [6.07, 6.45) is 0. The molecule has 4 aromatic rings. The lowest BCUT2D eigenvalue weighted by Crippen LogP contribution is -2.33. The van der Waals surface area contributed by atoms with Gasteiger partial charge in [-0.3, -0.25) is 0 Å². The zero-order chi connectivity index (χ0) is 24.9. The molecule has 0 radical (unpaired) electrons. The molecule has 0 fully saturated rings. The molecule has 2 aliphatic heterocycles. The summed E-state index contributed by atoms with van der Waals surface area (Å²) in [6, 6.07) is 21.5. The standard InChI is InChI=1S/C29H27N3O4/c1-4-30-19-13-11-18(12-14-19)26-25-28(36-31-26)34-24-17-20(32(5-2)6-3)15-16-23(24)29(25)22-10-8-7-9-21(22)27(33)35-29/h7-17,30H,4-6H2,1-3H3. The number of carbonyl (C=O) groups excluding carboxylic acids is 1. The Bertz CT molecular complexity index is 1460. The van der Waals surface area contributed by atoms with Gasteiger partial charge >= 0.3 is 11.9 Å². The number of carbonyl (C=O) groups is 1. The largest absolute Gasteiger partial charge is 0.440 e. The van der Waals surface area contributed by atoms with Crippen molar-refractivity contribution < 1.29 is 18.8 Å². The summed E-state index contributed by atoms with van der Waals surface area (Å²) in [4.78, 5) is 15.4. The first-order chi connectivity index (χ1) is 17.6. The number of nitrogens with zero attached hydrogens (tertiary/aromatic N) is 2. The fraction of sp³-hybridized carbons (Fsp3) is 0.241. The molecule has 7 nitrogen and oxygen atoms in total. The van der Waals surface area contributed by atoms with Crippen LogP contribution in [0, 0.1) is 0 Å². The Labute approximate surface area is 209 Å². The molecule has 182 valence electrons. The second-order valence-corrected chi connectivity index (χ2v) is 8.87. The van der Waals surface area contributed by atoms with Crippen LogP contribution >= 0.6 is 0 Å². The second-order valence-electron chi connectivity index (χ2n) is 8.87. The number of nitrogens with one attached hydrogen (secondary N) is 1.